The van der Waals surface area contributed by atoms with Crippen molar-refractivity contribution < 1.29 is 4.79 Å². The number of anilines is 1. The van der Waals surface area contributed by atoms with Crippen LogP contribution in [0.2, 0.25) is 0 Å². The van der Waals surface area contributed by atoms with E-state index in [0.29, 0.717) is 0 Å². The number of pyridine rings is 2. The molecular weight excluding hydrogens is 276 g/mol. The Morgan fingerprint density at radius 1 is 1.00 bits per heavy atom. The van der Waals surface area contributed by atoms with Crippen molar-refractivity contribution in [2.75, 3.05) is 31.1 Å². The molecule has 0 N–H and O–H groups in total. The molecular formula is C17H20N4O. The van der Waals surface area contributed by atoms with E-state index >= 15 is 0 Å². The Morgan fingerprint density at radius 3 is 2.45 bits per heavy atom. The molecule has 5 nitrogen and oxygen atoms in total. The predicted octanol–water partition coefficient (Wildman–Crippen LogP) is 2.06. The van der Waals surface area contributed by atoms with Gasteiger partial charge in [-0.3, -0.25) is 9.78 Å². The van der Waals surface area contributed by atoms with E-state index in [1.807, 2.05) is 43.0 Å². The second-order valence-corrected chi connectivity index (χ2v) is 5.54. The molecule has 3 rings (SSSR count). The van der Waals surface area contributed by atoms with Crippen molar-refractivity contribution in [3.05, 3.63) is 53.5 Å². The lowest BCUT2D eigenvalue weighted by molar-refractivity contribution is 0.0745. The molecule has 1 amide bonds. The second kappa shape index (κ2) is 6.13. The third kappa shape index (κ3) is 2.79. The number of piperazine rings is 1. The molecule has 0 bridgehead atoms. The van der Waals surface area contributed by atoms with Crippen molar-refractivity contribution in [1.29, 1.82) is 0 Å². The van der Waals surface area contributed by atoms with Gasteiger partial charge in [0.15, 0.2) is 0 Å². The first-order valence-electron chi connectivity index (χ1n) is 7.54. The normalized spacial score (nSPS) is 15.0. The van der Waals surface area contributed by atoms with Crippen molar-refractivity contribution in [2.24, 2.45) is 0 Å². The molecule has 0 aliphatic carbocycles. The predicted molar refractivity (Wildman–Crippen MR) is 86.1 cm³/mol. The summed E-state index contributed by atoms with van der Waals surface area (Å²) >= 11 is 0. The van der Waals surface area contributed by atoms with Gasteiger partial charge in [0, 0.05) is 49.8 Å². The summed E-state index contributed by atoms with van der Waals surface area (Å²) in [6, 6.07) is 7.73. The fourth-order valence-electron chi connectivity index (χ4n) is 2.72. The molecule has 22 heavy (non-hydrogen) atoms. The maximum Gasteiger partial charge on any atom is 0.254 e. The summed E-state index contributed by atoms with van der Waals surface area (Å²) in [5.41, 5.74) is 2.65. The fourth-order valence-corrected chi connectivity index (χ4v) is 2.72. The molecule has 0 aromatic carbocycles. The topological polar surface area (TPSA) is 49.3 Å². The highest BCUT2D eigenvalue weighted by molar-refractivity contribution is 5.95. The maximum absolute atomic E-state index is 12.7. The lowest BCUT2D eigenvalue weighted by Gasteiger charge is -2.35. The molecule has 0 saturated carbocycles. The van der Waals surface area contributed by atoms with Gasteiger partial charge in [-0.1, -0.05) is 6.07 Å². The zero-order valence-electron chi connectivity index (χ0n) is 13.0. The Morgan fingerprint density at radius 2 is 1.77 bits per heavy atom. The Bertz CT molecular complexity index is 664. The fraction of sp³-hybridized carbons (Fsp3) is 0.353. The number of hydrogen-bond acceptors (Lipinski definition) is 4. The van der Waals surface area contributed by atoms with Crippen LogP contribution in [-0.4, -0.2) is 47.0 Å². The molecule has 1 fully saturated rings. The van der Waals surface area contributed by atoms with E-state index in [2.05, 4.69) is 14.9 Å². The maximum atomic E-state index is 12.7. The lowest BCUT2D eigenvalue weighted by atomic mass is 10.1. The van der Waals surface area contributed by atoms with Crippen LogP contribution in [0.3, 0.4) is 0 Å². The largest absolute Gasteiger partial charge is 0.353 e. The highest BCUT2D eigenvalue weighted by Gasteiger charge is 2.24. The summed E-state index contributed by atoms with van der Waals surface area (Å²) in [7, 11) is 0. The Labute approximate surface area is 130 Å². The van der Waals surface area contributed by atoms with Crippen molar-refractivity contribution >= 4 is 11.7 Å². The van der Waals surface area contributed by atoms with Crippen molar-refractivity contribution in [3.8, 4) is 0 Å². The Balaban J connectivity index is 1.69. The molecule has 0 atom stereocenters. The summed E-state index contributed by atoms with van der Waals surface area (Å²) < 4.78 is 0. The molecule has 1 saturated heterocycles. The minimum Gasteiger partial charge on any atom is -0.353 e. The zero-order chi connectivity index (χ0) is 15.5. The monoisotopic (exact) mass is 296 g/mol. The Kier molecular flexibility index (Phi) is 4.04. The number of carbonyl (C=O) groups is 1. The number of carbonyl (C=O) groups excluding carboxylic acids is 1. The lowest BCUT2D eigenvalue weighted by Crippen LogP contribution is -2.49. The highest BCUT2D eigenvalue weighted by atomic mass is 16.2. The number of hydrogen-bond donors (Lipinski definition) is 0. The van der Waals surface area contributed by atoms with E-state index in [4.69, 9.17) is 0 Å². The van der Waals surface area contributed by atoms with Gasteiger partial charge in [-0.2, -0.15) is 0 Å². The van der Waals surface area contributed by atoms with Crippen molar-refractivity contribution in [1.82, 2.24) is 14.9 Å². The molecule has 2 aromatic heterocycles. The van der Waals surface area contributed by atoms with Crippen LogP contribution in [0, 0.1) is 13.8 Å². The zero-order valence-corrected chi connectivity index (χ0v) is 13.0. The smallest absolute Gasteiger partial charge is 0.254 e. The summed E-state index contributed by atoms with van der Waals surface area (Å²) in [5.74, 6) is 1.08. The van der Waals surface area contributed by atoms with Crippen LogP contribution in [0.25, 0.3) is 0 Å². The van der Waals surface area contributed by atoms with Gasteiger partial charge in [0.25, 0.3) is 5.91 Å². The van der Waals surface area contributed by atoms with Crippen LogP contribution in [-0.2, 0) is 0 Å². The molecule has 3 heterocycles. The first-order valence-corrected chi connectivity index (χ1v) is 7.54. The van der Waals surface area contributed by atoms with E-state index in [-0.39, 0.29) is 5.91 Å². The van der Waals surface area contributed by atoms with Crippen LogP contribution in [0.15, 0.2) is 36.7 Å². The van der Waals surface area contributed by atoms with Gasteiger partial charge in [-0.05, 0) is 37.6 Å². The van der Waals surface area contributed by atoms with Gasteiger partial charge >= 0.3 is 0 Å². The molecule has 1 aliphatic rings. The molecule has 0 spiro atoms. The van der Waals surface area contributed by atoms with Crippen LogP contribution in [0.5, 0.6) is 0 Å². The summed E-state index contributed by atoms with van der Waals surface area (Å²) in [6.07, 6.45) is 3.51. The van der Waals surface area contributed by atoms with Crippen LogP contribution < -0.4 is 4.90 Å². The standard InChI is InChI=1S/C17H20N4O/c1-13-14(2)18-8-6-15(13)17(22)21-11-9-20(10-12-21)16-5-3-4-7-19-16/h3-8H,9-12H2,1-2H3. The third-order valence-electron chi connectivity index (χ3n) is 4.23. The van der Waals surface area contributed by atoms with Gasteiger partial charge in [0.1, 0.15) is 5.82 Å². The van der Waals surface area contributed by atoms with Gasteiger partial charge in [0.05, 0.1) is 0 Å². The number of aromatic nitrogens is 2. The van der Waals surface area contributed by atoms with Crippen LogP contribution >= 0.6 is 0 Å². The van der Waals surface area contributed by atoms with Gasteiger partial charge < -0.3 is 9.80 Å². The molecule has 1 aliphatic heterocycles. The molecule has 0 unspecified atom stereocenters. The molecule has 2 aromatic rings. The molecule has 5 heteroatoms. The quantitative estimate of drug-likeness (QED) is 0.851. The minimum absolute atomic E-state index is 0.101. The third-order valence-corrected chi connectivity index (χ3v) is 4.23. The second-order valence-electron chi connectivity index (χ2n) is 5.54. The number of nitrogens with zero attached hydrogens (tertiary/aromatic N) is 4. The van der Waals surface area contributed by atoms with Crippen molar-refractivity contribution in [3.63, 3.8) is 0 Å². The van der Waals surface area contributed by atoms with E-state index in [9.17, 15) is 4.79 Å². The highest BCUT2D eigenvalue weighted by Crippen LogP contribution is 2.17. The summed E-state index contributed by atoms with van der Waals surface area (Å²) in [4.78, 5) is 25.4. The minimum atomic E-state index is 0.101. The van der Waals surface area contributed by atoms with E-state index < -0.39 is 0 Å². The van der Waals surface area contributed by atoms with E-state index in [1.54, 1.807) is 12.4 Å². The first-order chi connectivity index (χ1) is 10.7. The average molecular weight is 296 g/mol. The van der Waals surface area contributed by atoms with Gasteiger partial charge in [0.2, 0.25) is 0 Å². The van der Waals surface area contributed by atoms with E-state index in [0.717, 1.165) is 48.8 Å². The summed E-state index contributed by atoms with van der Waals surface area (Å²) in [6.45, 7) is 6.95. The van der Waals surface area contributed by atoms with Gasteiger partial charge in [-0.15, -0.1) is 0 Å². The number of rotatable bonds is 2. The first kappa shape index (κ1) is 14.5. The molecule has 114 valence electrons. The van der Waals surface area contributed by atoms with Crippen LogP contribution in [0.1, 0.15) is 21.6 Å². The number of amides is 1. The van der Waals surface area contributed by atoms with Crippen molar-refractivity contribution in [2.45, 2.75) is 13.8 Å². The molecule has 0 radical (unpaired) electrons. The van der Waals surface area contributed by atoms with Crippen LogP contribution in [0.4, 0.5) is 5.82 Å². The van der Waals surface area contributed by atoms with Gasteiger partial charge in [-0.25, -0.2) is 4.98 Å². The Hall–Kier alpha value is -2.43. The number of aryl methyl sites for hydroxylation is 1. The SMILES string of the molecule is Cc1nccc(C(=O)N2CCN(c3ccccn3)CC2)c1C. The average Bonchev–Trinajstić information content (AvgIpc) is 2.58. The van der Waals surface area contributed by atoms with E-state index in [1.165, 1.54) is 0 Å². The summed E-state index contributed by atoms with van der Waals surface area (Å²) in [5, 5.41) is 0.